The Kier molecular flexibility index (Phi) is 3.98. The summed E-state index contributed by atoms with van der Waals surface area (Å²) in [7, 11) is 0. The molecule has 5 nitrogen and oxygen atoms in total. The van der Waals surface area contributed by atoms with Crippen molar-refractivity contribution in [3.05, 3.63) is 23.4 Å². The molecular formula is C14H17N3O2S2. The quantitative estimate of drug-likeness (QED) is 0.865. The molecule has 21 heavy (non-hydrogen) atoms. The molecule has 0 N–H and O–H groups in total. The van der Waals surface area contributed by atoms with E-state index in [9.17, 15) is 0 Å². The minimum absolute atomic E-state index is 0.578. The lowest BCUT2D eigenvalue weighted by atomic mass is 10.1. The van der Waals surface area contributed by atoms with Crippen LogP contribution >= 0.6 is 23.1 Å². The first-order valence-electron chi connectivity index (χ1n) is 7.20. The summed E-state index contributed by atoms with van der Waals surface area (Å²) in [4.78, 5) is 3.52. The van der Waals surface area contributed by atoms with E-state index < -0.39 is 0 Å². The van der Waals surface area contributed by atoms with Crippen LogP contribution < -0.4 is 0 Å². The van der Waals surface area contributed by atoms with Crippen molar-refractivity contribution < 1.29 is 9.15 Å². The Morgan fingerprint density at radius 1 is 1.38 bits per heavy atom. The maximum Gasteiger partial charge on any atom is 0.257 e. The van der Waals surface area contributed by atoms with Crippen molar-refractivity contribution in [1.29, 1.82) is 0 Å². The number of hydrogen-bond acceptors (Lipinski definition) is 7. The Labute approximate surface area is 131 Å². The first-order chi connectivity index (χ1) is 10.4. The van der Waals surface area contributed by atoms with Crippen LogP contribution in [-0.2, 0) is 11.3 Å². The van der Waals surface area contributed by atoms with Gasteiger partial charge in [0.2, 0.25) is 5.89 Å². The van der Waals surface area contributed by atoms with E-state index in [1.165, 1.54) is 0 Å². The maximum absolute atomic E-state index is 5.82. The molecular weight excluding hydrogens is 306 g/mol. The third-order valence-corrected chi connectivity index (χ3v) is 6.14. The van der Waals surface area contributed by atoms with Gasteiger partial charge < -0.3 is 9.15 Å². The number of aromatic nitrogens is 2. The van der Waals surface area contributed by atoms with Gasteiger partial charge in [-0.1, -0.05) is 6.07 Å². The summed E-state index contributed by atoms with van der Waals surface area (Å²) < 4.78 is 11.4. The number of fused-ring (bicyclic) bond motifs is 1. The van der Waals surface area contributed by atoms with E-state index in [-0.39, 0.29) is 0 Å². The Morgan fingerprint density at radius 3 is 3.29 bits per heavy atom. The van der Waals surface area contributed by atoms with Crippen LogP contribution in [0.4, 0.5) is 0 Å². The summed E-state index contributed by atoms with van der Waals surface area (Å²) in [6.07, 6.45) is 1.10. The van der Waals surface area contributed by atoms with Crippen molar-refractivity contribution in [2.24, 2.45) is 0 Å². The molecule has 2 fully saturated rings. The van der Waals surface area contributed by atoms with Crippen molar-refractivity contribution in [2.45, 2.75) is 24.3 Å². The van der Waals surface area contributed by atoms with Gasteiger partial charge in [0.05, 0.1) is 18.0 Å². The van der Waals surface area contributed by atoms with E-state index in [1.807, 2.05) is 29.3 Å². The van der Waals surface area contributed by atoms with Gasteiger partial charge in [-0.25, -0.2) is 0 Å². The fourth-order valence-electron chi connectivity index (χ4n) is 2.95. The molecule has 0 aromatic carbocycles. The number of ether oxygens (including phenoxy) is 1. The molecule has 0 bridgehead atoms. The Balaban J connectivity index is 1.47. The summed E-state index contributed by atoms with van der Waals surface area (Å²) in [6, 6.07) is 4.58. The van der Waals surface area contributed by atoms with Crippen LogP contribution in [0.15, 0.2) is 21.9 Å². The van der Waals surface area contributed by atoms with Gasteiger partial charge in [0.1, 0.15) is 0 Å². The average Bonchev–Trinajstić information content (AvgIpc) is 3.18. The number of hydrogen-bond donors (Lipinski definition) is 0. The zero-order chi connectivity index (χ0) is 14.1. The standard InChI is InChI=1S/C14H17N3O2S2/c1-2-11(20-6-1)14-16-15-13(19-14)8-17-4-7-21-12-9-18-5-3-10(12)17/h1-2,6,10,12H,3-5,7-9H2/t10-,12+/m1/s1. The molecule has 2 aromatic rings. The van der Waals surface area contributed by atoms with Gasteiger partial charge in [-0.3, -0.25) is 4.90 Å². The fourth-order valence-corrected chi connectivity index (χ4v) is 4.96. The Bertz CT molecular complexity index is 585. The molecule has 2 aliphatic rings. The molecule has 0 amide bonds. The highest BCUT2D eigenvalue weighted by Crippen LogP contribution is 2.31. The predicted octanol–water partition coefficient (Wildman–Crippen LogP) is 2.50. The predicted molar refractivity (Wildman–Crippen MR) is 83.5 cm³/mol. The van der Waals surface area contributed by atoms with Crippen LogP contribution in [0, 0.1) is 0 Å². The minimum atomic E-state index is 0.578. The second-order valence-electron chi connectivity index (χ2n) is 5.29. The monoisotopic (exact) mass is 323 g/mol. The zero-order valence-corrected chi connectivity index (χ0v) is 13.2. The number of rotatable bonds is 3. The molecule has 0 unspecified atom stereocenters. The molecule has 7 heteroatoms. The van der Waals surface area contributed by atoms with Gasteiger partial charge in [-0.05, 0) is 17.9 Å². The molecule has 0 aliphatic carbocycles. The van der Waals surface area contributed by atoms with Crippen molar-refractivity contribution in [3.63, 3.8) is 0 Å². The van der Waals surface area contributed by atoms with Gasteiger partial charge in [-0.2, -0.15) is 11.8 Å². The molecule has 4 heterocycles. The van der Waals surface area contributed by atoms with Gasteiger partial charge in [-0.15, -0.1) is 21.5 Å². The van der Waals surface area contributed by atoms with Crippen molar-refractivity contribution in [3.8, 4) is 10.8 Å². The second kappa shape index (κ2) is 6.08. The molecule has 2 saturated heterocycles. The van der Waals surface area contributed by atoms with Crippen molar-refractivity contribution in [1.82, 2.24) is 15.1 Å². The zero-order valence-electron chi connectivity index (χ0n) is 11.6. The van der Waals surface area contributed by atoms with Crippen LogP contribution in [-0.4, -0.2) is 51.9 Å². The van der Waals surface area contributed by atoms with E-state index in [0.29, 0.717) is 17.2 Å². The van der Waals surface area contributed by atoms with E-state index in [0.717, 1.165) is 49.2 Å². The Morgan fingerprint density at radius 2 is 2.38 bits per heavy atom. The lowest BCUT2D eigenvalue weighted by Gasteiger charge is -2.42. The number of thiophene rings is 1. The third-order valence-electron chi connectivity index (χ3n) is 3.99. The van der Waals surface area contributed by atoms with Crippen LogP contribution in [0.3, 0.4) is 0 Å². The third kappa shape index (κ3) is 2.88. The van der Waals surface area contributed by atoms with Crippen LogP contribution in [0.5, 0.6) is 0 Å². The molecule has 0 radical (unpaired) electrons. The van der Waals surface area contributed by atoms with Crippen LogP contribution in [0.1, 0.15) is 12.3 Å². The lowest BCUT2D eigenvalue weighted by molar-refractivity contribution is 0.0322. The highest BCUT2D eigenvalue weighted by atomic mass is 32.2. The molecule has 2 aliphatic heterocycles. The highest BCUT2D eigenvalue weighted by molar-refractivity contribution is 8.00. The first kappa shape index (κ1) is 13.8. The summed E-state index contributed by atoms with van der Waals surface area (Å²) in [5, 5.41) is 11.0. The van der Waals surface area contributed by atoms with E-state index in [4.69, 9.17) is 9.15 Å². The first-order valence-corrected chi connectivity index (χ1v) is 9.12. The molecule has 4 rings (SSSR count). The van der Waals surface area contributed by atoms with Crippen molar-refractivity contribution >= 4 is 23.1 Å². The molecule has 0 saturated carbocycles. The molecule has 2 atom stereocenters. The van der Waals surface area contributed by atoms with Gasteiger partial charge in [0, 0.05) is 30.2 Å². The summed E-state index contributed by atoms with van der Waals surface area (Å²) in [5.74, 6) is 2.50. The smallest absolute Gasteiger partial charge is 0.257 e. The van der Waals surface area contributed by atoms with Crippen molar-refractivity contribution in [2.75, 3.05) is 25.5 Å². The van der Waals surface area contributed by atoms with Gasteiger partial charge in [0.15, 0.2) is 0 Å². The summed E-state index contributed by atoms with van der Waals surface area (Å²) >= 11 is 3.66. The summed E-state index contributed by atoms with van der Waals surface area (Å²) in [6.45, 7) is 3.57. The lowest BCUT2D eigenvalue weighted by Crippen LogP contribution is -2.51. The average molecular weight is 323 g/mol. The van der Waals surface area contributed by atoms with Gasteiger partial charge in [0.25, 0.3) is 5.89 Å². The summed E-state index contributed by atoms with van der Waals surface area (Å²) in [5.41, 5.74) is 0. The largest absolute Gasteiger partial charge is 0.419 e. The van der Waals surface area contributed by atoms with Crippen LogP contribution in [0.2, 0.25) is 0 Å². The molecule has 0 spiro atoms. The van der Waals surface area contributed by atoms with E-state index in [2.05, 4.69) is 15.1 Å². The van der Waals surface area contributed by atoms with E-state index in [1.54, 1.807) is 11.3 Å². The maximum atomic E-state index is 5.82. The number of thioether (sulfide) groups is 1. The normalized spacial score (nSPS) is 26.7. The van der Waals surface area contributed by atoms with Gasteiger partial charge >= 0.3 is 0 Å². The molecule has 2 aromatic heterocycles. The Hall–Kier alpha value is -0.890. The second-order valence-corrected chi connectivity index (χ2v) is 7.58. The fraction of sp³-hybridized carbons (Fsp3) is 0.571. The van der Waals surface area contributed by atoms with Crippen LogP contribution in [0.25, 0.3) is 10.8 Å². The minimum Gasteiger partial charge on any atom is -0.419 e. The highest BCUT2D eigenvalue weighted by Gasteiger charge is 2.35. The van der Waals surface area contributed by atoms with E-state index >= 15 is 0 Å². The topological polar surface area (TPSA) is 51.4 Å². The number of nitrogens with zero attached hydrogens (tertiary/aromatic N) is 3. The molecule has 112 valence electrons. The SMILES string of the molecule is c1csc(-c2nnc(CN3CCS[C@H]4COCC[C@H]43)o2)c1.